The lowest BCUT2D eigenvalue weighted by Crippen LogP contribution is -2.57. The molecule has 0 aliphatic heterocycles. The zero-order valence-electron chi connectivity index (χ0n) is 28.1. The van der Waals surface area contributed by atoms with Gasteiger partial charge in [0.25, 0.3) is 0 Å². The zero-order valence-corrected chi connectivity index (χ0v) is 28.1. The van der Waals surface area contributed by atoms with Crippen molar-refractivity contribution in [3.8, 4) is 0 Å². The van der Waals surface area contributed by atoms with Crippen molar-refractivity contribution in [2.24, 2.45) is 11.8 Å². The summed E-state index contributed by atoms with van der Waals surface area (Å²) in [7, 11) is 0. The van der Waals surface area contributed by atoms with Gasteiger partial charge in [-0.1, -0.05) is 70.5 Å². The molecule has 0 fully saturated rings. The SMILES string of the molecule is CCC(C)CNC(=O)C[C@H](O)[C@H](CC(C)C)NC(=O)[C@H](Cc1cnc[nH]1)NC(=O)[C@H](Cc1cccnc1)NC(=O)OCc1ccccc1. The maximum atomic E-state index is 13.8. The smallest absolute Gasteiger partial charge is 0.408 e. The highest BCUT2D eigenvalue weighted by Crippen LogP contribution is 2.13. The molecule has 0 saturated carbocycles. The van der Waals surface area contributed by atoms with E-state index >= 15 is 0 Å². The van der Waals surface area contributed by atoms with Crippen LogP contribution < -0.4 is 21.3 Å². The van der Waals surface area contributed by atoms with E-state index in [0.717, 1.165) is 12.0 Å². The number of nitrogens with one attached hydrogen (secondary N) is 5. The number of rotatable bonds is 19. The van der Waals surface area contributed by atoms with Crippen LogP contribution in [0.5, 0.6) is 0 Å². The number of nitrogens with zero attached hydrogens (tertiary/aromatic N) is 2. The van der Waals surface area contributed by atoms with Gasteiger partial charge in [-0.25, -0.2) is 9.78 Å². The lowest BCUT2D eigenvalue weighted by atomic mass is 9.96. The molecule has 48 heavy (non-hydrogen) atoms. The molecule has 0 radical (unpaired) electrons. The Labute approximate surface area is 282 Å². The molecule has 0 aliphatic rings. The molecule has 1 aromatic carbocycles. The number of aromatic nitrogens is 3. The maximum absolute atomic E-state index is 13.8. The van der Waals surface area contributed by atoms with Crippen LogP contribution >= 0.6 is 0 Å². The van der Waals surface area contributed by atoms with Crippen molar-refractivity contribution in [1.29, 1.82) is 0 Å². The fourth-order valence-corrected chi connectivity index (χ4v) is 4.91. The van der Waals surface area contributed by atoms with E-state index in [2.05, 4.69) is 36.2 Å². The van der Waals surface area contributed by atoms with Crippen molar-refractivity contribution in [3.05, 3.63) is 84.2 Å². The first-order valence-electron chi connectivity index (χ1n) is 16.4. The highest BCUT2D eigenvalue weighted by molar-refractivity contribution is 5.91. The number of alkyl carbamates (subject to hydrolysis) is 1. The van der Waals surface area contributed by atoms with Gasteiger partial charge in [-0.3, -0.25) is 19.4 Å². The Morgan fingerprint density at radius 2 is 1.58 bits per heavy atom. The molecule has 2 heterocycles. The summed E-state index contributed by atoms with van der Waals surface area (Å²) in [5, 5.41) is 22.2. The van der Waals surface area contributed by atoms with Gasteiger partial charge in [0.1, 0.15) is 18.7 Å². The van der Waals surface area contributed by atoms with Gasteiger partial charge < -0.3 is 36.1 Å². The number of pyridine rings is 1. The number of carbonyl (C=O) groups is 4. The lowest BCUT2D eigenvalue weighted by Gasteiger charge is -2.29. The number of H-pyrrole nitrogens is 1. The van der Waals surface area contributed by atoms with Crippen LogP contribution in [-0.4, -0.2) is 74.6 Å². The van der Waals surface area contributed by atoms with E-state index in [4.69, 9.17) is 4.74 Å². The van der Waals surface area contributed by atoms with Crippen molar-refractivity contribution in [1.82, 2.24) is 36.2 Å². The molecule has 4 amide bonds. The molecular formula is C35H49N7O6. The predicted octanol–water partition coefficient (Wildman–Crippen LogP) is 2.81. The van der Waals surface area contributed by atoms with E-state index in [9.17, 15) is 24.3 Å². The summed E-state index contributed by atoms with van der Waals surface area (Å²) in [6.07, 6.45) is 5.49. The third kappa shape index (κ3) is 13.5. The molecule has 3 aromatic rings. The monoisotopic (exact) mass is 663 g/mol. The fourth-order valence-electron chi connectivity index (χ4n) is 4.91. The summed E-state index contributed by atoms with van der Waals surface area (Å²) in [6.45, 7) is 8.46. The number of imidazole rings is 1. The van der Waals surface area contributed by atoms with Gasteiger partial charge >= 0.3 is 6.09 Å². The summed E-state index contributed by atoms with van der Waals surface area (Å²) >= 11 is 0. The molecule has 0 aliphatic carbocycles. The minimum absolute atomic E-state index is 0.00792. The molecule has 260 valence electrons. The van der Waals surface area contributed by atoms with Crippen LogP contribution in [0.2, 0.25) is 0 Å². The number of hydrogen-bond donors (Lipinski definition) is 6. The molecule has 13 heteroatoms. The summed E-state index contributed by atoms with van der Waals surface area (Å²) in [5.74, 6) is -1.11. The van der Waals surface area contributed by atoms with E-state index in [0.29, 0.717) is 30.1 Å². The molecular weight excluding hydrogens is 614 g/mol. The quantitative estimate of drug-likeness (QED) is 0.113. The van der Waals surface area contributed by atoms with Gasteiger partial charge in [-0.2, -0.15) is 0 Å². The predicted molar refractivity (Wildman–Crippen MR) is 180 cm³/mol. The molecule has 3 rings (SSSR count). The van der Waals surface area contributed by atoms with Crippen LogP contribution in [0.15, 0.2) is 67.4 Å². The minimum atomic E-state index is -1.16. The number of aliphatic hydroxyl groups is 1. The van der Waals surface area contributed by atoms with Crippen LogP contribution in [0.4, 0.5) is 4.79 Å². The van der Waals surface area contributed by atoms with E-state index < -0.39 is 42.1 Å². The van der Waals surface area contributed by atoms with E-state index in [1.807, 2.05) is 58.0 Å². The number of ether oxygens (including phenoxy) is 1. The van der Waals surface area contributed by atoms with Gasteiger partial charge in [0, 0.05) is 43.7 Å². The minimum Gasteiger partial charge on any atom is -0.445 e. The van der Waals surface area contributed by atoms with Crippen LogP contribution in [0.3, 0.4) is 0 Å². The molecule has 1 unspecified atom stereocenters. The molecule has 0 saturated heterocycles. The molecule has 5 atom stereocenters. The Bertz CT molecular complexity index is 1410. The fraction of sp³-hybridized carbons (Fsp3) is 0.486. The summed E-state index contributed by atoms with van der Waals surface area (Å²) < 4.78 is 5.37. The zero-order chi connectivity index (χ0) is 34.9. The largest absolute Gasteiger partial charge is 0.445 e. The number of aromatic amines is 1. The van der Waals surface area contributed by atoms with Crippen molar-refractivity contribution in [2.75, 3.05) is 6.54 Å². The number of aliphatic hydroxyl groups excluding tert-OH is 1. The van der Waals surface area contributed by atoms with E-state index in [1.54, 1.807) is 30.7 Å². The first kappa shape index (κ1) is 37.7. The van der Waals surface area contributed by atoms with Gasteiger partial charge in [0.15, 0.2) is 0 Å². The highest BCUT2D eigenvalue weighted by Gasteiger charge is 2.31. The van der Waals surface area contributed by atoms with E-state index in [-0.39, 0.29) is 37.7 Å². The second-order valence-electron chi connectivity index (χ2n) is 12.5. The lowest BCUT2D eigenvalue weighted by molar-refractivity contribution is -0.131. The van der Waals surface area contributed by atoms with Crippen molar-refractivity contribution in [2.45, 2.75) is 90.6 Å². The topological polar surface area (TPSA) is 187 Å². The van der Waals surface area contributed by atoms with Crippen molar-refractivity contribution < 1.29 is 29.0 Å². The van der Waals surface area contributed by atoms with Crippen molar-refractivity contribution in [3.63, 3.8) is 0 Å². The Morgan fingerprint density at radius 1 is 0.875 bits per heavy atom. The third-order valence-electron chi connectivity index (χ3n) is 7.85. The second-order valence-corrected chi connectivity index (χ2v) is 12.5. The van der Waals surface area contributed by atoms with Crippen LogP contribution in [-0.2, 0) is 38.6 Å². The van der Waals surface area contributed by atoms with Gasteiger partial charge in [0.2, 0.25) is 17.7 Å². The Kier molecular flexibility index (Phi) is 15.5. The molecule has 2 aromatic heterocycles. The van der Waals surface area contributed by atoms with Crippen LogP contribution in [0.1, 0.15) is 63.8 Å². The summed E-state index contributed by atoms with van der Waals surface area (Å²) in [4.78, 5) is 64.1. The average Bonchev–Trinajstić information content (AvgIpc) is 3.59. The first-order chi connectivity index (χ1) is 23.0. The second kappa shape index (κ2) is 19.8. The Hall–Kier alpha value is -4.78. The number of hydrogen-bond acceptors (Lipinski definition) is 8. The summed E-state index contributed by atoms with van der Waals surface area (Å²) in [5.41, 5.74) is 2.05. The van der Waals surface area contributed by atoms with Gasteiger partial charge in [0.05, 0.1) is 24.9 Å². The maximum Gasteiger partial charge on any atom is 0.408 e. The van der Waals surface area contributed by atoms with E-state index in [1.165, 1.54) is 6.33 Å². The molecule has 6 N–H and O–H groups in total. The third-order valence-corrected chi connectivity index (χ3v) is 7.85. The number of carbonyl (C=O) groups excluding carboxylic acids is 4. The van der Waals surface area contributed by atoms with Crippen LogP contribution in [0, 0.1) is 11.8 Å². The van der Waals surface area contributed by atoms with Gasteiger partial charge in [-0.15, -0.1) is 0 Å². The standard InChI is InChI=1S/C35H49N7O6/c1-5-24(4)18-38-32(44)17-31(43)28(14-23(2)3)40-34(46)30(16-27-20-37-22-39-27)41-33(45)29(15-26-12-9-13-36-19-26)42-35(47)48-21-25-10-7-6-8-11-25/h6-13,19-20,22-24,28-31,43H,5,14-18,21H2,1-4H3,(H,37,39)(H,38,44)(H,40,46)(H,41,45)(H,42,47)/t24?,28-,29-,30-,31-/m0/s1. The van der Waals surface area contributed by atoms with Crippen LogP contribution in [0.25, 0.3) is 0 Å². The summed E-state index contributed by atoms with van der Waals surface area (Å²) in [6, 6.07) is 9.65. The number of benzene rings is 1. The average molecular weight is 664 g/mol. The Morgan fingerprint density at radius 3 is 2.23 bits per heavy atom. The van der Waals surface area contributed by atoms with Crippen molar-refractivity contribution >= 4 is 23.8 Å². The number of amides is 4. The molecule has 13 nitrogen and oxygen atoms in total. The first-order valence-corrected chi connectivity index (χ1v) is 16.4. The highest BCUT2D eigenvalue weighted by atomic mass is 16.5. The molecule has 0 bridgehead atoms. The molecule has 0 spiro atoms. The normalized spacial score (nSPS) is 14.2. The Balaban J connectivity index is 1.76. The van der Waals surface area contributed by atoms with Gasteiger partial charge in [-0.05, 0) is 35.4 Å².